The van der Waals surface area contributed by atoms with Crippen molar-refractivity contribution in [3.8, 4) is 0 Å². The van der Waals surface area contributed by atoms with Gasteiger partial charge in [0.25, 0.3) is 5.91 Å². The van der Waals surface area contributed by atoms with Gasteiger partial charge in [0.1, 0.15) is 11.5 Å². The molecule has 12 nitrogen and oxygen atoms in total. The van der Waals surface area contributed by atoms with Gasteiger partial charge in [-0.3, -0.25) is 13.9 Å². The maximum absolute atomic E-state index is 12.8. The van der Waals surface area contributed by atoms with E-state index < -0.39 is 10.0 Å². The second-order valence-electron chi connectivity index (χ2n) is 10.1. The zero-order valence-corrected chi connectivity index (χ0v) is 24.4. The second kappa shape index (κ2) is 12.5. The number of aromatic nitrogens is 3. The van der Waals surface area contributed by atoms with Crippen LogP contribution < -0.4 is 20.3 Å². The minimum Gasteiger partial charge on any atom is -0.365 e. The van der Waals surface area contributed by atoms with Gasteiger partial charge >= 0.3 is 0 Å². The fraction of sp³-hybridized carbons (Fsp3) is 0.310. The molecule has 2 amide bonds. The summed E-state index contributed by atoms with van der Waals surface area (Å²) >= 11 is 0. The number of aromatic amines is 1. The van der Waals surface area contributed by atoms with E-state index in [2.05, 4.69) is 30.9 Å². The molecular weight excluding hydrogens is 556 g/mol. The third-order valence-corrected chi connectivity index (χ3v) is 8.32. The molecule has 13 heteroatoms. The number of rotatable bonds is 12. The smallest absolute Gasteiger partial charge is 0.251 e. The van der Waals surface area contributed by atoms with Crippen LogP contribution in [0, 0.1) is 0 Å². The predicted octanol–water partition coefficient (Wildman–Crippen LogP) is 3.45. The number of carbonyl (C=O) groups excluding carboxylic acids is 2. The number of fused-ring (bicyclic) bond motifs is 1. The first kappa shape index (κ1) is 28.9. The third kappa shape index (κ3) is 6.79. The number of amides is 2. The van der Waals surface area contributed by atoms with E-state index in [9.17, 15) is 18.0 Å². The predicted molar refractivity (Wildman–Crippen MR) is 163 cm³/mol. The molecule has 5 rings (SSSR count). The third-order valence-electron chi connectivity index (χ3n) is 7.13. The van der Waals surface area contributed by atoms with E-state index in [1.807, 2.05) is 29.2 Å². The van der Waals surface area contributed by atoms with E-state index in [1.54, 1.807) is 36.5 Å². The highest BCUT2D eigenvalue weighted by Gasteiger charge is 2.19. The van der Waals surface area contributed by atoms with Gasteiger partial charge in [-0.1, -0.05) is 24.3 Å². The van der Waals surface area contributed by atoms with Crippen LogP contribution in [0.15, 0.2) is 60.8 Å². The van der Waals surface area contributed by atoms with E-state index in [1.165, 1.54) is 17.6 Å². The molecule has 0 saturated carbocycles. The Bertz CT molecular complexity index is 1700. The Hall–Kier alpha value is -4.65. The largest absolute Gasteiger partial charge is 0.365 e. The molecule has 0 atom stereocenters. The van der Waals surface area contributed by atoms with Gasteiger partial charge in [-0.05, 0) is 48.7 Å². The Morgan fingerprint density at radius 1 is 1.12 bits per heavy atom. The van der Waals surface area contributed by atoms with Gasteiger partial charge in [0.05, 0.1) is 17.3 Å². The number of hydrogen-bond acceptors (Lipinski definition) is 8. The highest BCUT2D eigenvalue weighted by atomic mass is 32.2. The van der Waals surface area contributed by atoms with Crippen molar-refractivity contribution >= 4 is 56.0 Å². The SMILES string of the molecule is CN(c1ccccc1CNc1nc(Nc2cccc(C(=O)NCCCN3CCCC3=O)c2)nc2[nH]ccc12)S(C)(=O)=O. The fourth-order valence-electron chi connectivity index (χ4n) is 4.84. The summed E-state index contributed by atoms with van der Waals surface area (Å²) in [6.07, 6.45) is 5.15. The van der Waals surface area contributed by atoms with E-state index in [4.69, 9.17) is 0 Å². The number of benzene rings is 2. The maximum atomic E-state index is 12.8. The summed E-state index contributed by atoms with van der Waals surface area (Å²) in [6.45, 7) is 2.25. The molecule has 1 saturated heterocycles. The van der Waals surface area contributed by atoms with Crippen LogP contribution in [0.25, 0.3) is 11.0 Å². The van der Waals surface area contributed by atoms with Crippen molar-refractivity contribution in [3.63, 3.8) is 0 Å². The first-order valence-electron chi connectivity index (χ1n) is 13.7. The lowest BCUT2D eigenvalue weighted by atomic mass is 10.1. The number of carbonyl (C=O) groups is 2. The Balaban J connectivity index is 1.26. The van der Waals surface area contributed by atoms with Gasteiger partial charge in [-0.2, -0.15) is 9.97 Å². The minimum absolute atomic E-state index is 0.183. The van der Waals surface area contributed by atoms with Crippen LogP contribution >= 0.6 is 0 Å². The maximum Gasteiger partial charge on any atom is 0.251 e. The van der Waals surface area contributed by atoms with Crippen molar-refractivity contribution in [1.29, 1.82) is 0 Å². The van der Waals surface area contributed by atoms with Crippen LogP contribution in [-0.4, -0.2) is 73.0 Å². The number of nitrogens with one attached hydrogen (secondary N) is 4. The summed E-state index contributed by atoms with van der Waals surface area (Å²) in [7, 11) is -1.90. The minimum atomic E-state index is -3.43. The molecule has 42 heavy (non-hydrogen) atoms. The molecule has 0 radical (unpaired) electrons. The zero-order valence-electron chi connectivity index (χ0n) is 23.6. The quantitative estimate of drug-likeness (QED) is 0.183. The molecule has 0 unspecified atom stereocenters. The average molecular weight is 591 g/mol. The van der Waals surface area contributed by atoms with Crippen molar-refractivity contribution in [2.45, 2.75) is 25.8 Å². The molecule has 1 aliphatic heterocycles. The number of nitrogens with zero attached hydrogens (tertiary/aromatic N) is 4. The van der Waals surface area contributed by atoms with Crippen molar-refractivity contribution in [2.75, 3.05) is 47.9 Å². The van der Waals surface area contributed by atoms with Crippen LogP contribution in [0.2, 0.25) is 0 Å². The van der Waals surface area contributed by atoms with Gasteiger partial charge < -0.3 is 25.8 Å². The molecule has 2 aromatic carbocycles. The van der Waals surface area contributed by atoms with Crippen LogP contribution in [-0.2, 0) is 21.4 Å². The molecule has 2 aromatic heterocycles. The Morgan fingerprint density at radius 3 is 2.74 bits per heavy atom. The average Bonchev–Trinajstić information content (AvgIpc) is 3.62. The fourth-order valence-corrected chi connectivity index (χ4v) is 5.37. The van der Waals surface area contributed by atoms with E-state index in [-0.39, 0.29) is 11.8 Å². The van der Waals surface area contributed by atoms with E-state index in [0.29, 0.717) is 66.8 Å². The summed E-state index contributed by atoms with van der Waals surface area (Å²) in [6, 6.07) is 16.2. The van der Waals surface area contributed by atoms with Gasteiger partial charge in [-0.25, -0.2) is 8.42 Å². The first-order valence-corrected chi connectivity index (χ1v) is 15.6. The Morgan fingerprint density at radius 2 is 1.95 bits per heavy atom. The number of anilines is 4. The summed E-state index contributed by atoms with van der Waals surface area (Å²) in [4.78, 5) is 38.7. The number of para-hydroxylation sites is 1. The van der Waals surface area contributed by atoms with Crippen LogP contribution in [0.5, 0.6) is 0 Å². The number of sulfonamides is 1. The Labute approximate surface area is 244 Å². The topological polar surface area (TPSA) is 152 Å². The molecule has 4 aromatic rings. The van der Waals surface area contributed by atoms with Gasteiger partial charge in [-0.15, -0.1) is 0 Å². The summed E-state index contributed by atoms with van der Waals surface area (Å²) in [5.74, 6) is 0.863. The molecular formula is C29H34N8O4S. The molecule has 0 bridgehead atoms. The molecule has 1 fully saturated rings. The van der Waals surface area contributed by atoms with Crippen molar-refractivity contribution in [2.24, 2.45) is 0 Å². The Kier molecular flexibility index (Phi) is 8.57. The second-order valence-corrected chi connectivity index (χ2v) is 12.2. The number of likely N-dealkylation sites (tertiary alicyclic amines) is 1. The molecule has 0 aliphatic carbocycles. The van der Waals surface area contributed by atoms with Gasteiger partial charge in [0, 0.05) is 57.1 Å². The monoisotopic (exact) mass is 590 g/mol. The van der Waals surface area contributed by atoms with E-state index in [0.717, 1.165) is 23.9 Å². The molecule has 220 valence electrons. The number of hydrogen-bond donors (Lipinski definition) is 4. The molecule has 4 N–H and O–H groups in total. The molecule has 0 spiro atoms. The normalized spacial score (nSPS) is 13.4. The summed E-state index contributed by atoms with van der Waals surface area (Å²) in [5.41, 5.74) is 3.10. The highest BCUT2D eigenvalue weighted by Crippen LogP contribution is 2.26. The van der Waals surface area contributed by atoms with Crippen molar-refractivity contribution in [3.05, 3.63) is 71.9 Å². The highest BCUT2D eigenvalue weighted by molar-refractivity contribution is 7.92. The summed E-state index contributed by atoms with van der Waals surface area (Å²) < 4.78 is 25.5. The van der Waals surface area contributed by atoms with Gasteiger partial charge in [0.15, 0.2) is 0 Å². The van der Waals surface area contributed by atoms with E-state index >= 15 is 0 Å². The first-order chi connectivity index (χ1) is 20.2. The van der Waals surface area contributed by atoms with Crippen molar-refractivity contribution < 1.29 is 18.0 Å². The van der Waals surface area contributed by atoms with Crippen LogP contribution in [0.4, 0.5) is 23.1 Å². The molecule has 3 heterocycles. The summed E-state index contributed by atoms with van der Waals surface area (Å²) in [5, 5.41) is 10.2. The molecule has 1 aliphatic rings. The number of H-pyrrole nitrogens is 1. The standard InChI is InChI=1S/C29H34N8O4S/c1-36(42(2,40)41)24-11-4-3-8-21(24)19-32-27-23-13-15-30-26(23)34-29(35-27)33-22-10-5-9-20(18-22)28(39)31-14-7-17-37-16-6-12-25(37)38/h3-5,8-11,13,15,18H,6-7,12,14,16-17,19H2,1-2H3,(H,31,39)(H3,30,32,33,34,35). The van der Waals surface area contributed by atoms with Crippen molar-refractivity contribution in [1.82, 2.24) is 25.2 Å². The lowest BCUT2D eigenvalue weighted by Gasteiger charge is -2.20. The lowest BCUT2D eigenvalue weighted by Crippen LogP contribution is -2.30. The van der Waals surface area contributed by atoms with Crippen LogP contribution in [0.3, 0.4) is 0 Å². The lowest BCUT2D eigenvalue weighted by molar-refractivity contribution is -0.127. The zero-order chi connectivity index (χ0) is 29.7. The van der Waals surface area contributed by atoms with Gasteiger partial charge in [0.2, 0.25) is 21.9 Å². The van der Waals surface area contributed by atoms with Crippen LogP contribution in [0.1, 0.15) is 35.2 Å².